The second-order valence-corrected chi connectivity index (χ2v) is 2.82. The number of likely N-dealkylation sites (N-methyl/N-ethyl adjacent to an activating group) is 1. The van der Waals surface area contributed by atoms with Gasteiger partial charge < -0.3 is 5.32 Å². The topological polar surface area (TPSA) is 46.2 Å². The molecule has 1 aromatic rings. The van der Waals surface area contributed by atoms with E-state index < -0.39 is 5.91 Å². The van der Waals surface area contributed by atoms with Crippen LogP contribution in [-0.2, 0) is 9.59 Å². The number of hydrogen-bond donors (Lipinski definition) is 1. The summed E-state index contributed by atoms with van der Waals surface area (Å²) < 4.78 is 0. The Morgan fingerprint density at radius 1 is 1.21 bits per heavy atom. The maximum atomic E-state index is 9.70. The van der Waals surface area contributed by atoms with Gasteiger partial charge in [0.2, 0.25) is 6.29 Å². The number of carbonyl (C=O) groups excluding carboxylic acids is 2. The van der Waals surface area contributed by atoms with Crippen molar-refractivity contribution in [3.63, 3.8) is 0 Å². The Labute approximate surface area is 84.1 Å². The summed E-state index contributed by atoms with van der Waals surface area (Å²) in [6, 6.07) is 8.36. The Morgan fingerprint density at radius 2 is 1.64 bits per heavy atom. The number of benzene rings is 1. The van der Waals surface area contributed by atoms with Crippen molar-refractivity contribution in [3.8, 4) is 0 Å². The number of amides is 1. The molecule has 0 spiro atoms. The van der Waals surface area contributed by atoms with Gasteiger partial charge >= 0.3 is 0 Å². The van der Waals surface area contributed by atoms with Gasteiger partial charge in [-0.05, 0) is 25.0 Å². The quantitative estimate of drug-likeness (QED) is 0.538. The van der Waals surface area contributed by atoms with Gasteiger partial charge in [0, 0.05) is 7.05 Å². The average Bonchev–Trinajstić information content (AvgIpc) is 2.22. The van der Waals surface area contributed by atoms with Crippen LogP contribution >= 0.6 is 0 Å². The Kier molecular flexibility index (Phi) is 6.03. The highest BCUT2D eigenvalue weighted by Crippen LogP contribution is 2.02. The molecule has 0 radical (unpaired) electrons. The minimum absolute atomic E-state index is 0.222. The molecule has 3 nitrogen and oxygen atoms in total. The van der Waals surface area contributed by atoms with Crippen LogP contribution in [-0.4, -0.2) is 19.2 Å². The first-order valence-electron chi connectivity index (χ1n) is 4.31. The van der Waals surface area contributed by atoms with Gasteiger partial charge in [-0.25, -0.2) is 0 Å². The minimum Gasteiger partial charge on any atom is -0.353 e. The van der Waals surface area contributed by atoms with Crippen LogP contribution in [0.25, 0.3) is 0 Å². The summed E-state index contributed by atoms with van der Waals surface area (Å²) >= 11 is 0. The first-order chi connectivity index (χ1) is 6.61. The van der Waals surface area contributed by atoms with E-state index in [0.29, 0.717) is 0 Å². The lowest BCUT2D eigenvalue weighted by molar-refractivity contribution is -0.130. The summed E-state index contributed by atoms with van der Waals surface area (Å²) in [5, 5.41) is 2.11. The van der Waals surface area contributed by atoms with Crippen LogP contribution in [0.4, 0.5) is 0 Å². The second kappa shape index (κ2) is 6.83. The highest BCUT2D eigenvalue weighted by molar-refractivity contribution is 6.23. The second-order valence-electron chi connectivity index (χ2n) is 2.82. The molecule has 0 saturated heterocycles. The fourth-order valence-electron chi connectivity index (χ4n) is 0.722. The van der Waals surface area contributed by atoms with E-state index in [9.17, 15) is 9.59 Å². The van der Waals surface area contributed by atoms with Crippen molar-refractivity contribution in [2.24, 2.45) is 0 Å². The van der Waals surface area contributed by atoms with Gasteiger partial charge in [-0.2, -0.15) is 0 Å². The van der Waals surface area contributed by atoms with Crippen LogP contribution < -0.4 is 5.32 Å². The van der Waals surface area contributed by atoms with Crippen LogP contribution in [0.3, 0.4) is 0 Å². The summed E-state index contributed by atoms with van der Waals surface area (Å²) in [6.07, 6.45) is 0.222. The van der Waals surface area contributed by atoms with Crippen molar-refractivity contribution in [1.29, 1.82) is 0 Å². The molecule has 3 heteroatoms. The Hall–Kier alpha value is -1.64. The minimum atomic E-state index is -0.588. The highest BCUT2D eigenvalue weighted by Gasteiger charge is 1.85. The van der Waals surface area contributed by atoms with Gasteiger partial charge in [0.1, 0.15) is 0 Å². The third kappa shape index (κ3) is 5.09. The Bertz CT molecular complexity index is 287. The molecule has 1 N–H and O–H groups in total. The molecule has 0 fully saturated rings. The third-order valence-electron chi connectivity index (χ3n) is 1.78. The lowest BCUT2D eigenvalue weighted by Crippen LogP contribution is -2.17. The van der Waals surface area contributed by atoms with E-state index in [4.69, 9.17) is 0 Å². The third-order valence-corrected chi connectivity index (χ3v) is 1.78. The molecule has 0 aliphatic rings. The van der Waals surface area contributed by atoms with Gasteiger partial charge in [-0.1, -0.05) is 24.3 Å². The van der Waals surface area contributed by atoms with E-state index in [0.717, 1.165) is 0 Å². The number of carbonyl (C=O) groups is 2. The maximum Gasteiger partial charge on any atom is 0.283 e. The standard InChI is InChI=1S/C8H10.C3H5NO2/c1-7-5-3-4-6-8(7)2;1-4-3(6)2-5/h3-6H,1-2H3;2H,1H3,(H,4,6). The number of hydrogen-bond acceptors (Lipinski definition) is 2. The highest BCUT2D eigenvalue weighted by atomic mass is 16.2. The summed E-state index contributed by atoms with van der Waals surface area (Å²) in [6.45, 7) is 4.24. The monoisotopic (exact) mass is 193 g/mol. The first-order valence-corrected chi connectivity index (χ1v) is 4.31. The molecule has 0 heterocycles. The van der Waals surface area contributed by atoms with Gasteiger partial charge in [0.05, 0.1) is 0 Å². The molecule has 0 unspecified atom stereocenters. The molecule has 14 heavy (non-hydrogen) atoms. The normalized spacial score (nSPS) is 8.21. The SMILES string of the molecule is CNC(=O)C=O.Cc1ccccc1C. The van der Waals surface area contributed by atoms with E-state index in [1.54, 1.807) is 0 Å². The summed E-state index contributed by atoms with van der Waals surface area (Å²) in [5.41, 5.74) is 2.74. The zero-order chi connectivity index (χ0) is 11.0. The smallest absolute Gasteiger partial charge is 0.283 e. The van der Waals surface area contributed by atoms with Crippen LogP contribution in [0.15, 0.2) is 24.3 Å². The molecule has 0 aromatic heterocycles. The molecule has 0 saturated carbocycles. The summed E-state index contributed by atoms with van der Waals surface area (Å²) in [7, 11) is 1.40. The molecule has 0 bridgehead atoms. The van der Waals surface area contributed by atoms with Crippen molar-refractivity contribution in [1.82, 2.24) is 5.32 Å². The predicted octanol–water partition coefficient (Wildman–Crippen LogP) is 1.23. The number of nitrogens with one attached hydrogen (secondary N) is 1. The van der Waals surface area contributed by atoms with Crippen molar-refractivity contribution >= 4 is 12.2 Å². The molecular formula is C11H15NO2. The average molecular weight is 193 g/mol. The molecule has 0 aliphatic carbocycles. The van der Waals surface area contributed by atoms with Crippen LogP contribution in [0.5, 0.6) is 0 Å². The summed E-state index contributed by atoms with van der Waals surface area (Å²) in [4.78, 5) is 19.0. The van der Waals surface area contributed by atoms with Crippen LogP contribution in [0.1, 0.15) is 11.1 Å². The number of aryl methyl sites for hydroxylation is 2. The number of rotatable bonds is 1. The van der Waals surface area contributed by atoms with Gasteiger partial charge in [0.15, 0.2) is 0 Å². The van der Waals surface area contributed by atoms with Gasteiger partial charge in [-0.15, -0.1) is 0 Å². The molecule has 0 atom stereocenters. The van der Waals surface area contributed by atoms with Crippen LogP contribution in [0, 0.1) is 13.8 Å². The fraction of sp³-hybridized carbons (Fsp3) is 0.273. The van der Waals surface area contributed by atoms with E-state index >= 15 is 0 Å². The van der Waals surface area contributed by atoms with Gasteiger partial charge in [0.25, 0.3) is 5.91 Å². The first kappa shape index (κ1) is 12.4. The van der Waals surface area contributed by atoms with E-state index in [1.807, 2.05) is 0 Å². The van der Waals surface area contributed by atoms with Gasteiger partial charge in [-0.3, -0.25) is 9.59 Å². The van der Waals surface area contributed by atoms with Crippen molar-refractivity contribution in [2.45, 2.75) is 13.8 Å². The molecular weight excluding hydrogens is 178 g/mol. The molecule has 1 rings (SSSR count). The largest absolute Gasteiger partial charge is 0.353 e. The zero-order valence-electron chi connectivity index (χ0n) is 8.70. The fourth-order valence-corrected chi connectivity index (χ4v) is 0.722. The zero-order valence-corrected chi connectivity index (χ0v) is 8.70. The summed E-state index contributed by atoms with van der Waals surface area (Å²) in [5.74, 6) is -0.588. The van der Waals surface area contributed by atoms with E-state index in [-0.39, 0.29) is 6.29 Å². The number of aldehydes is 1. The lowest BCUT2D eigenvalue weighted by Gasteiger charge is -1.93. The molecule has 1 aromatic carbocycles. The van der Waals surface area contributed by atoms with E-state index in [2.05, 4.69) is 43.4 Å². The van der Waals surface area contributed by atoms with Crippen molar-refractivity contribution < 1.29 is 9.59 Å². The van der Waals surface area contributed by atoms with Crippen LogP contribution in [0.2, 0.25) is 0 Å². The van der Waals surface area contributed by atoms with Crippen molar-refractivity contribution in [2.75, 3.05) is 7.05 Å². The molecule has 76 valence electrons. The Morgan fingerprint density at radius 3 is 1.79 bits per heavy atom. The Balaban J connectivity index is 0.000000255. The maximum absolute atomic E-state index is 9.70. The van der Waals surface area contributed by atoms with E-state index in [1.165, 1.54) is 18.2 Å². The molecule has 1 amide bonds. The lowest BCUT2D eigenvalue weighted by atomic mass is 10.1. The predicted molar refractivity (Wildman–Crippen MR) is 56.0 cm³/mol. The molecule has 0 aliphatic heterocycles. The van der Waals surface area contributed by atoms with Crippen molar-refractivity contribution in [3.05, 3.63) is 35.4 Å².